The highest BCUT2D eigenvalue weighted by atomic mass is 16.5. The second-order valence-electron chi connectivity index (χ2n) is 4.07. The first kappa shape index (κ1) is 12.7. The van der Waals surface area contributed by atoms with Gasteiger partial charge in [0, 0.05) is 38.9 Å². The van der Waals surface area contributed by atoms with Crippen LogP contribution in [0.25, 0.3) is 11.1 Å². The molecular weight excluding hydrogens is 232 g/mol. The van der Waals surface area contributed by atoms with E-state index in [1.54, 1.807) is 12.3 Å². The van der Waals surface area contributed by atoms with Crippen LogP contribution in [0, 0.1) is 0 Å². The standard InChI is InChI=1S/C13H18N2O3/c1-3-17-7-4-6-14-13(16)11-9-12-10(15(11)2)5-8-18-12/h5,8-9H,3-4,6-7H2,1-2H3,(H,14,16). The fourth-order valence-electron chi connectivity index (χ4n) is 1.88. The van der Waals surface area contributed by atoms with E-state index in [2.05, 4.69) is 5.32 Å². The molecular formula is C13H18N2O3. The SMILES string of the molecule is CCOCCCNC(=O)c1cc2occc2n1C. The molecule has 5 nitrogen and oxygen atoms in total. The molecule has 0 aliphatic heterocycles. The van der Waals surface area contributed by atoms with E-state index in [1.807, 2.05) is 24.6 Å². The lowest BCUT2D eigenvalue weighted by molar-refractivity contribution is 0.0936. The number of aromatic nitrogens is 1. The maximum Gasteiger partial charge on any atom is 0.268 e. The highest BCUT2D eigenvalue weighted by Gasteiger charge is 2.14. The summed E-state index contributed by atoms with van der Waals surface area (Å²) in [5, 5.41) is 2.87. The van der Waals surface area contributed by atoms with Crippen LogP contribution >= 0.6 is 0 Å². The molecule has 0 radical (unpaired) electrons. The number of carbonyl (C=O) groups excluding carboxylic acids is 1. The van der Waals surface area contributed by atoms with Gasteiger partial charge in [0.05, 0.1) is 11.8 Å². The summed E-state index contributed by atoms with van der Waals surface area (Å²) in [7, 11) is 1.85. The Hall–Kier alpha value is -1.75. The third-order valence-corrected chi connectivity index (χ3v) is 2.85. The number of hydrogen-bond acceptors (Lipinski definition) is 3. The minimum atomic E-state index is -0.0830. The average molecular weight is 250 g/mol. The molecule has 2 aromatic heterocycles. The summed E-state index contributed by atoms with van der Waals surface area (Å²) in [4.78, 5) is 12.0. The van der Waals surface area contributed by atoms with Gasteiger partial charge in [0.2, 0.25) is 0 Å². The maximum atomic E-state index is 12.0. The number of furan rings is 1. The molecule has 5 heteroatoms. The second kappa shape index (κ2) is 5.73. The largest absolute Gasteiger partial charge is 0.463 e. The van der Waals surface area contributed by atoms with E-state index < -0.39 is 0 Å². The van der Waals surface area contributed by atoms with Gasteiger partial charge in [-0.15, -0.1) is 0 Å². The first-order valence-electron chi connectivity index (χ1n) is 6.13. The fraction of sp³-hybridized carbons (Fsp3) is 0.462. The number of nitrogens with one attached hydrogen (secondary N) is 1. The van der Waals surface area contributed by atoms with Crippen LogP contribution in [0.1, 0.15) is 23.8 Å². The minimum absolute atomic E-state index is 0.0830. The first-order valence-corrected chi connectivity index (χ1v) is 6.13. The zero-order chi connectivity index (χ0) is 13.0. The van der Waals surface area contributed by atoms with Crippen molar-refractivity contribution >= 4 is 17.0 Å². The summed E-state index contributed by atoms with van der Waals surface area (Å²) in [6, 6.07) is 3.61. The van der Waals surface area contributed by atoms with Crippen LogP contribution in [0.15, 0.2) is 22.8 Å². The molecule has 0 aromatic carbocycles. The Kier molecular flexibility index (Phi) is 4.04. The Morgan fingerprint density at radius 3 is 3.11 bits per heavy atom. The lowest BCUT2D eigenvalue weighted by Crippen LogP contribution is -2.27. The van der Waals surface area contributed by atoms with Crippen LogP contribution in [-0.4, -0.2) is 30.2 Å². The third-order valence-electron chi connectivity index (χ3n) is 2.85. The van der Waals surface area contributed by atoms with E-state index in [-0.39, 0.29) is 5.91 Å². The van der Waals surface area contributed by atoms with E-state index >= 15 is 0 Å². The maximum absolute atomic E-state index is 12.0. The van der Waals surface area contributed by atoms with Crippen molar-refractivity contribution in [2.45, 2.75) is 13.3 Å². The van der Waals surface area contributed by atoms with Gasteiger partial charge < -0.3 is 19.0 Å². The van der Waals surface area contributed by atoms with Crippen LogP contribution in [0.2, 0.25) is 0 Å². The van der Waals surface area contributed by atoms with Gasteiger partial charge in [-0.1, -0.05) is 0 Å². The summed E-state index contributed by atoms with van der Waals surface area (Å²) in [5.74, 6) is -0.0830. The molecule has 2 heterocycles. The van der Waals surface area contributed by atoms with Crippen molar-refractivity contribution in [2.24, 2.45) is 7.05 Å². The quantitative estimate of drug-likeness (QED) is 0.797. The van der Waals surface area contributed by atoms with Crippen molar-refractivity contribution in [2.75, 3.05) is 19.8 Å². The van der Waals surface area contributed by atoms with Crippen molar-refractivity contribution in [1.82, 2.24) is 9.88 Å². The van der Waals surface area contributed by atoms with Crippen LogP contribution < -0.4 is 5.32 Å². The van der Waals surface area contributed by atoms with Gasteiger partial charge in [-0.25, -0.2) is 0 Å². The van der Waals surface area contributed by atoms with Gasteiger partial charge in [0.1, 0.15) is 5.69 Å². The van der Waals surface area contributed by atoms with Crippen molar-refractivity contribution in [3.05, 3.63) is 24.1 Å². The van der Waals surface area contributed by atoms with Crippen LogP contribution in [0.4, 0.5) is 0 Å². The normalized spacial score (nSPS) is 11.0. The Morgan fingerprint density at radius 1 is 1.56 bits per heavy atom. The van der Waals surface area contributed by atoms with Gasteiger partial charge in [-0.3, -0.25) is 4.79 Å². The third kappa shape index (κ3) is 2.56. The summed E-state index contributed by atoms with van der Waals surface area (Å²) in [6.45, 7) is 3.96. The number of fused-ring (bicyclic) bond motifs is 1. The summed E-state index contributed by atoms with van der Waals surface area (Å²) < 4.78 is 12.3. The van der Waals surface area contributed by atoms with E-state index in [9.17, 15) is 4.79 Å². The topological polar surface area (TPSA) is 56.4 Å². The zero-order valence-electron chi connectivity index (χ0n) is 10.7. The van der Waals surface area contributed by atoms with Crippen LogP contribution in [0.5, 0.6) is 0 Å². The number of carbonyl (C=O) groups is 1. The molecule has 0 spiro atoms. The molecule has 0 aliphatic rings. The summed E-state index contributed by atoms with van der Waals surface area (Å²) in [6.07, 6.45) is 2.44. The first-order chi connectivity index (χ1) is 8.74. The highest BCUT2D eigenvalue weighted by Crippen LogP contribution is 2.19. The van der Waals surface area contributed by atoms with E-state index in [4.69, 9.17) is 9.15 Å². The van der Waals surface area contributed by atoms with E-state index in [0.29, 0.717) is 25.5 Å². The molecule has 0 saturated carbocycles. The lowest BCUT2D eigenvalue weighted by Gasteiger charge is -2.06. The Balaban J connectivity index is 1.92. The number of amides is 1. The molecule has 0 fully saturated rings. The number of nitrogens with zero attached hydrogens (tertiary/aromatic N) is 1. The molecule has 0 saturated heterocycles. The second-order valence-corrected chi connectivity index (χ2v) is 4.07. The van der Waals surface area contributed by atoms with Gasteiger partial charge in [0.15, 0.2) is 5.58 Å². The Morgan fingerprint density at radius 2 is 2.39 bits per heavy atom. The zero-order valence-corrected chi connectivity index (χ0v) is 10.7. The van der Waals surface area contributed by atoms with Crippen LogP contribution in [0.3, 0.4) is 0 Å². The molecule has 98 valence electrons. The molecule has 1 amide bonds. The monoisotopic (exact) mass is 250 g/mol. The van der Waals surface area contributed by atoms with Gasteiger partial charge >= 0.3 is 0 Å². The molecule has 1 N–H and O–H groups in total. The summed E-state index contributed by atoms with van der Waals surface area (Å²) in [5.41, 5.74) is 2.27. The molecule has 18 heavy (non-hydrogen) atoms. The Labute approximate surface area is 106 Å². The molecule has 0 atom stereocenters. The molecule has 0 unspecified atom stereocenters. The molecule has 0 bridgehead atoms. The predicted octanol–water partition coefficient (Wildman–Crippen LogP) is 1.93. The van der Waals surface area contributed by atoms with Crippen molar-refractivity contribution in [3.63, 3.8) is 0 Å². The van der Waals surface area contributed by atoms with Crippen molar-refractivity contribution in [3.8, 4) is 0 Å². The average Bonchev–Trinajstić information content (AvgIpc) is 2.92. The number of hydrogen-bond donors (Lipinski definition) is 1. The number of ether oxygens (including phenoxy) is 1. The molecule has 0 aliphatic carbocycles. The van der Waals surface area contributed by atoms with Gasteiger partial charge in [-0.05, 0) is 13.3 Å². The molecule has 2 rings (SSSR count). The van der Waals surface area contributed by atoms with Crippen LogP contribution in [-0.2, 0) is 11.8 Å². The smallest absolute Gasteiger partial charge is 0.268 e. The molecule has 2 aromatic rings. The minimum Gasteiger partial charge on any atom is -0.463 e. The fourth-order valence-corrected chi connectivity index (χ4v) is 1.88. The van der Waals surface area contributed by atoms with E-state index in [1.165, 1.54) is 0 Å². The van der Waals surface area contributed by atoms with Gasteiger partial charge in [-0.2, -0.15) is 0 Å². The van der Waals surface area contributed by atoms with E-state index in [0.717, 1.165) is 17.5 Å². The van der Waals surface area contributed by atoms with Crippen molar-refractivity contribution in [1.29, 1.82) is 0 Å². The lowest BCUT2D eigenvalue weighted by atomic mass is 10.3. The van der Waals surface area contributed by atoms with Gasteiger partial charge in [0.25, 0.3) is 5.91 Å². The number of rotatable bonds is 6. The number of aryl methyl sites for hydroxylation is 1. The Bertz CT molecular complexity index is 527. The van der Waals surface area contributed by atoms with Crippen molar-refractivity contribution < 1.29 is 13.9 Å². The highest BCUT2D eigenvalue weighted by molar-refractivity contribution is 5.97. The predicted molar refractivity (Wildman–Crippen MR) is 68.6 cm³/mol. The summed E-state index contributed by atoms with van der Waals surface area (Å²) >= 11 is 0.